The summed E-state index contributed by atoms with van der Waals surface area (Å²) in [6, 6.07) is 9.64. The number of aliphatic hydroxyl groups is 1. The predicted molar refractivity (Wildman–Crippen MR) is 81.3 cm³/mol. The Morgan fingerprint density at radius 1 is 1.25 bits per heavy atom. The zero-order valence-corrected chi connectivity index (χ0v) is 12.3. The molecular formula is C16H26N2O2. The number of nitrogens with two attached hydrogens (primary N) is 1. The first-order valence-corrected chi connectivity index (χ1v) is 7.30. The molecule has 0 aliphatic carbocycles. The minimum Gasteiger partial charge on any atom is -0.396 e. The monoisotopic (exact) mass is 278 g/mol. The van der Waals surface area contributed by atoms with Gasteiger partial charge in [0.2, 0.25) is 5.91 Å². The van der Waals surface area contributed by atoms with E-state index in [1.807, 2.05) is 18.2 Å². The number of benzene rings is 1. The fourth-order valence-corrected chi connectivity index (χ4v) is 2.12. The second-order valence-electron chi connectivity index (χ2n) is 5.17. The van der Waals surface area contributed by atoms with Crippen LogP contribution >= 0.6 is 0 Å². The van der Waals surface area contributed by atoms with Crippen molar-refractivity contribution >= 4 is 5.91 Å². The van der Waals surface area contributed by atoms with Gasteiger partial charge in [0.15, 0.2) is 0 Å². The van der Waals surface area contributed by atoms with E-state index in [4.69, 9.17) is 10.8 Å². The van der Waals surface area contributed by atoms with E-state index >= 15 is 0 Å². The summed E-state index contributed by atoms with van der Waals surface area (Å²) >= 11 is 0. The van der Waals surface area contributed by atoms with Crippen LogP contribution in [0.3, 0.4) is 0 Å². The summed E-state index contributed by atoms with van der Waals surface area (Å²) < 4.78 is 0. The van der Waals surface area contributed by atoms with Gasteiger partial charge < -0.3 is 15.7 Å². The van der Waals surface area contributed by atoms with Crippen LogP contribution in [-0.4, -0.2) is 42.2 Å². The van der Waals surface area contributed by atoms with Gasteiger partial charge in [-0.25, -0.2) is 0 Å². The molecule has 0 radical (unpaired) electrons. The summed E-state index contributed by atoms with van der Waals surface area (Å²) in [6.07, 6.45) is 4.14. The average Bonchev–Trinajstić information content (AvgIpc) is 2.49. The van der Waals surface area contributed by atoms with Gasteiger partial charge in [-0.3, -0.25) is 4.79 Å². The molecule has 4 nitrogen and oxygen atoms in total. The number of rotatable bonds is 9. The first-order valence-electron chi connectivity index (χ1n) is 7.30. The Morgan fingerprint density at radius 2 is 1.95 bits per heavy atom. The van der Waals surface area contributed by atoms with E-state index in [9.17, 15) is 4.79 Å². The zero-order valence-electron chi connectivity index (χ0n) is 12.3. The van der Waals surface area contributed by atoms with Crippen LogP contribution in [0.2, 0.25) is 0 Å². The maximum Gasteiger partial charge on any atom is 0.239 e. The lowest BCUT2D eigenvalue weighted by Crippen LogP contribution is -2.42. The third kappa shape index (κ3) is 6.17. The number of likely N-dealkylation sites (N-methyl/N-ethyl adjacent to an activating group) is 1. The van der Waals surface area contributed by atoms with Crippen LogP contribution in [-0.2, 0) is 11.2 Å². The highest BCUT2D eigenvalue weighted by atomic mass is 16.2. The molecule has 0 spiro atoms. The quantitative estimate of drug-likeness (QED) is 0.674. The molecule has 0 aliphatic rings. The molecule has 0 saturated carbocycles. The molecule has 0 aliphatic heterocycles. The van der Waals surface area contributed by atoms with Crippen LogP contribution in [0.25, 0.3) is 0 Å². The molecule has 20 heavy (non-hydrogen) atoms. The maximum atomic E-state index is 12.1. The van der Waals surface area contributed by atoms with E-state index in [1.165, 1.54) is 5.56 Å². The van der Waals surface area contributed by atoms with Crippen LogP contribution in [0.4, 0.5) is 0 Å². The zero-order chi connectivity index (χ0) is 14.8. The van der Waals surface area contributed by atoms with Gasteiger partial charge in [-0.15, -0.1) is 0 Å². The van der Waals surface area contributed by atoms with Gasteiger partial charge in [-0.05, 0) is 37.7 Å². The van der Waals surface area contributed by atoms with Gasteiger partial charge in [0.1, 0.15) is 0 Å². The van der Waals surface area contributed by atoms with Gasteiger partial charge in [-0.1, -0.05) is 30.3 Å². The van der Waals surface area contributed by atoms with Gasteiger partial charge in [-0.2, -0.15) is 0 Å². The van der Waals surface area contributed by atoms with Crippen LogP contribution in [0.5, 0.6) is 0 Å². The molecule has 0 bridgehead atoms. The molecule has 1 amide bonds. The number of hydrogen-bond acceptors (Lipinski definition) is 3. The highest BCUT2D eigenvalue weighted by molar-refractivity contribution is 5.81. The van der Waals surface area contributed by atoms with Crippen molar-refractivity contribution in [3.05, 3.63) is 35.9 Å². The number of hydrogen-bond donors (Lipinski definition) is 2. The minimum atomic E-state index is -0.432. The lowest BCUT2D eigenvalue weighted by Gasteiger charge is -2.21. The third-order valence-electron chi connectivity index (χ3n) is 3.43. The van der Waals surface area contributed by atoms with Crippen molar-refractivity contribution in [1.29, 1.82) is 0 Å². The standard InChI is InChI=1S/C16H26N2O2/c1-18(12-6-3-7-13-19)16(20)15(17)11-10-14-8-4-2-5-9-14/h2,4-5,8-9,15,19H,3,6-7,10-13,17H2,1H3/t15-/m0/s1. The van der Waals surface area contributed by atoms with Crippen molar-refractivity contribution in [2.24, 2.45) is 5.73 Å². The topological polar surface area (TPSA) is 66.6 Å². The minimum absolute atomic E-state index is 0.00456. The molecule has 112 valence electrons. The largest absolute Gasteiger partial charge is 0.396 e. The van der Waals surface area contributed by atoms with Crippen LogP contribution in [0.1, 0.15) is 31.2 Å². The van der Waals surface area contributed by atoms with Gasteiger partial charge in [0.05, 0.1) is 6.04 Å². The van der Waals surface area contributed by atoms with E-state index in [0.717, 1.165) is 25.7 Å². The van der Waals surface area contributed by atoms with E-state index in [-0.39, 0.29) is 12.5 Å². The average molecular weight is 278 g/mol. The Morgan fingerprint density at radius 3 is 2.60 bits per heavy atom. The molecule has 0 unspecified atom stereocenters. The Labute approximate surface area is 121 Å². The Balaban J connectivity index is 2.27. The number of carbonyl (C=O) groups is 1. The van der Waals surface area contributed by atoms with Gasteiger partial charge in [0, 0.05) is 20.2 Å². The van der Waals surface area contributed by atoms with Crippen LogP contribution in [0.15, 0.2) is 30.3 Å². The first-order chi connectivity index (χ1) is 9.65. The Bertz CT molecular complexity index is 381. The predicted octanol–water partition coefficient (Wildman–Crippen LogP) is 1.57. The lowest BCUT2D eigenvalue weighted by molar-refractivity contribution is -0.131. The van der Waals surface area contributed by atoms with Crippen molar-refractivity contribution in [2.45, 2.75) is 38.1 Å². The summed E-state index contributed by atoms with van der Waals surface area (Å²) in [7, 11) is 1.80. The highest BCUT2D eigenvalue weighted by Gasteiger charge is 2.17. The molecule has 1 atom stereocenters. The summed E-state index contributed by atoms with van der Waals surface area (Å²) in [6.45, 7) is 0.923. The fourth-order valence-electron chi connectivity index (χ4n) is 2.12. The molecule has 0 heterocycles. The molecular weight excluding hydrogens is 252 g/mol. The smallest absolute Gasteiger partial charge is 0.239 e. The molecule has 0 aromatic heterocycles. The summed E-state index contributed by atoms with van der Waals surface area (Å²) in [5.74, 6) is 0.00456. The van der Waals surface area contributed by atoms with Crippen molar-refractivity contribution < 1.29 is 9.90 Å². The highest BCUT2D eigenvalue weighted by Crippen LogP contribution is 2.06. The van der Waals surface area contributed by atoms with Crippen LogP contribution in [0, 0.1) is 0 Å². The van der Waals surface area contributed by atoms with Crippen molar-refractivity contribution in [2.75, 3.05) is 20.2 Å². The normalized spacial score (nSPS) is 12.2. The number of amides is 1. The second-order valence-corrected chi connectivity index (χ2v) is 5.17. The molecule has 3 N–H and O–H groups in total. The van der Waals surface area contributed by atoms with E-state index in [1.54, 1.807) is 11.9 Å². The number of aliphatic hydroxyl groups excluding tert-OH is 1. The second kappa shape index (κ2) is 9.50. The van der Waals surface area contributed by atoms with Crippen molar-refractivity contribution in [3.8, 4) is 0 Å². The Kier molecular flexibility index (Phi) is 7.92. The van der Waals surface area contributed by atoms with Crippen LogP contribution < -0.4 is 5.73 Å². The van der Waals surface area contributed by atoms with E-state index in [0.29, 0.717) is 13.0 Å². The first kappa shape index (κ1) is 16.7. The molecule has 0 saturated heterocycles. The number of nitrogens with zero attached hydrogens (tertiary/aromatic N) is 1. The van der Waals surface area contributed by atoms with E-state index in [2.05, 4.69) is 12.1 Å². The fraction of sp³-hybridized carbons (Fsp3) is 0.562. The van der Waals surface area contributed by atoms with E-state index < -0.39 is 6.04 Å². The molecule has 4 heteroatoms. The van der Waals surface area contributed by atoms with Crippen molar-refractivity contribution in [1.82, 2.24) is 4.90 Å². The van der Waals surface area contributed by atoms with Gasteiger partial charge >= 0.3 is 0 Å². The van der Waals surface area contributed by atoms with Gasteiger partial charge in [0.25, 0.3) is 0 Å². The summed E-state index contributed by atoms with van der Waals surface area (Å²) in [5, 5.41) is 8.71. The summed E-state index contributed by atoms with van der Waals surface area (Å²) in [5.41, 5.74) is 7.17. The molecule has 1 aromatic carbocycles. The number of carbonyl (C=O) groups excluding carboxylic acids is 1. The molecule has 0 fully saturated rings. The number of unbranched alkanes of at least 4 members (excludes halogenated alkanes) is 2. The number of aryl methyl sites for hydroxylation is 1. The van der Waals surface area contributed by atoms with Crippen molar-refractivity contribution in [3.63, 3.8) is 0 Å². The SMILES string of the molecule is CN(CCCCCO)C(=O)[C@@H](N)CCc1ccccc1. The maximum absolute atomic E-state index is 12.1. The molecule has 1 rings (SSSR count). The summed E-state index contributed by atoms with van der Waals surface area (Å²) in [4.78, 5) is 13.8. The lowest BCUT2D eigenvalue weighted by atomic mass is 10.0. The Hall–Kier alpha value is -1.39. The third-order valence-corrected chi connectivity index (χ3v) is 3.43. The molecule has 1 aromatic rings.